The Labute approximate surface area is 102 Å². The highest BCUT2D eigenvalue weighted by atomic mass is 127. The molecule has 2 aromatic rings. The van der Waals surface area contributed by atoms with Crippen LogP contribution in [0.1, 0.15) is 21.5 Å². The zero-order valence-electron chi connectivity index (χ0n) is 8.25. The lowest BCUT2D eigenvalue weighted by atomic mass is 10.0. The maximum absolute atomic E-state index is 12.1. The summed E-state index contributed by atoms with van der Waals surface area (Å²) in [5, 5.41) is 0. The largest absolute Gasteiger partial charge is 0.367 e. The highest BCUT2D eigenvalue weighted by Crippen LogP contribution is 2.19. The average Bonchev–Trinajstić information content (AvgIpc) is 2.74. The summed E-state index contributed by atoms with van der Waals surface area (Å²) in [4.78, 5) is 14.9. The monoisotopic (exact) mass is 311 g/mol. The second-order valence-corrected chi connectivity index (χ2v) is 4.44. The third-order valence-electron chi connectivity index (χ3n) is 2.30. The number of benzene rings is 1. The van der Waals surface area contributed by atoms with Crippen LogP contribution < -0.4 is 0 Å². The lowest BCUT2D eigenvalue weighted by Gasteiger charge is -2.04. The summed E-state index contributed by atoms with van der Waals surface area (Å²) >= 11 is 2.21. The molecule has 0 atom stereocenters. The summed E-state index contributed by atoms with van der Waals surface area (Å²) in [6, 6.07) is 7.58. The Kier molecular flexibility index (Phi) is 2.90. The third kappa shape index (κ3) is 1.97. The second-order valence-electron chi connectivity index (χ2n) is 3.37. The van der Waals surface area contributed by atoms with Crippen LogP contribution in [0.15, 0.2) is 36.7 Å². The maximum Gasteiger partial charge on any atom is 0.195 e. The van der Waals surface area contributed by atoms with Gasteiger partial charge in [-0.1, -0.05) is 12.1 Å². The first kappa shape index (κ1) is 10.4. The third-order valence-corrected chi connectivity index (χ3v) is 3.73. The molecule has 0 spiro atoms. The van der Waals surface area contributed by atoms with E-state index < -0.39 is 0 Å². The topological polar surface area (TPSA) is 32.9 Å². The molecule has 1 aromatic heterocycles. The molecule has 0 unspecified atom stereocenters. The Balaban J connectivity index is 2.47. The van der Waals surface area contributed by atoms with Gasteiger partial charge in [-0.25, -0.2) is 0 Å². The van der Waals surface area contributed by atoms with E-state index in [0.29, 0.717) is 5.56 Å². The molecule has 0 saturated carbocycles. The van der Waals surface area contributed by atoms with Gasteiger partial charge in [0.15, 0.2) is 5.78 Å². The Bertz CT molecular complexity index is 488. The first-order chi connectivity index (χ1) is 7.20. The van der Waals surface area contributed by atoms with E-state index in [9.17, 15) is 4.79 Å². The number of rotatable bonds is 2. The summed E-state index contributed by atoms with van der Waals surface area (Å²) in [7, 11) is 0. The minimum absolute atomic E-state index is 0.0735. The van der Waals surface area contributed by atoms with Crippen molar-refractivity contribution in [3.63, 3.8) is 0 Å². The maximum atomic E-state index is 12.1. The van der Waals surface area contributed by atoms with Crippen molar-refractivity contribution in [2.24, 2.45) is 0 Å². The Hall–Kier alpha value is -1.10. The Morgan fingerprint density at radius 3 is 2.80 bits per heavy atom. The van der Waals surface area contributed by atoms with Crippen molar-refractivity contribution in [3.8, 4) is 0 Å². The van der Waals surface area contributed by atoms with Gasteiger partial charge >= 0.3 is 0 Å². The van der Waals surface area contributed by atoms with Crippen LogP contribution in [-0.2, 0) is 0 Å². The van der Waals surface area contributed by atoms with Gasteiger partial charge in [0.1, 0.15) is 0 Å². The number of halogens is 1. The molecule has 0 fully saturated rings. The standard InChI is InChI=1S/C12H10INO/c1-8-3-2-4-10(11(8)13)12(15)9-5-6-14-7-9/h2-7,14H,1H3. The number of ketones is 1. The number of aryl methyl sites for hydroxylation is 1. The van der Waals surface area contributed by atoms with Crippen molar-refractivity contribution in [2.75, 3.05) is 0 Å². The van der Waals surface area contributed by atoms with Crippen LogP contribution in [0.3, 0.4) is 0 Å². The number of H-pyrrole nitrogens is 1. The average molecular weight is 311 g/mol. The lowest BCUT2D eigenvalue weighted by molar-refractivity contribution is 0.103. The molecular formula is C12H10INO. The van der Waals surface area contributed by atoms with Crippen LogP contribution in [0, 0.1) is 10.5 Å². The van der Waals surface area contributed by atoms with Gasteiger partial charge in [0.05, 0.1) is 0 Å². The lowest BCUT2D eigenvalue weighted by Crippen LogP contribution is -2.03. The van der Waals surface area contributed by atoms with E-state index in [-0.39, 0.29) is 5.78 Å². The van der Waals surface area contributed by atoms with Gasteiger partial charge in [0.25, 0.3) is 0 Å². The molecule has 15 heavy (non-hydrogen) atoms. The van der Waals surface area contributed by atoms with Crippen LogP contribution in [0.25, 0.3) is 0 Å². The van der Waals surface area contributed by atoms with Gasteiger partial charge in [0.2, 0.25) is 0 Å². The molecule has 76 valence electrons. The molecule has 2 nitrogen and oxygen atoms in total. The Morgan fingerprint density at radius 2 is 2.13 bits per heavy atom. The second kappa shape index (κ2) is 4.18. The van der Waals surface area contributed by atoms with Gasteiger partial charge in [-0.15, -0.1) is 0 Å². The number of hydrogen-bond donors (Lipinski definition) is 1. The summed E-state index contributed by atoms with van der Waals surface area (Å²) in [5.74, 6) is 0.0735. The minimum Gasteiger partial charge on any atom is -0.367 e. The van der Waals surface area contributed by atoms with Crippen LogP contribution in [0.5, 0.6) is 0 Å². The molecule has 1 N–H and O–H groups in total. The zero-order valence-corrected chi connectivity index (χ0v) is 10.4. The molecule has 2 rings (SSSR count). The smallest absolute Gasteiger partial charge is 0.195 e. The van der Waals surface area contributed by atoms with Crippen LogP contribution in [0.4, 0.5) is 0 Å². The molecule has 1 heterocycles. The molecule has 0 amide bonds. The van der Waals surface area contributed by atoms with Gasteiger partial charge in [-0.3, -0.25) is 4.79 Å². The summed E-state index contributed by atoms with van der Waals surface area (Å²) in [6.45, 7) is 2.01. The number of aromatic nitrogens is 1. The molecule has 0 saturated heterocycles. The van der Waals surface area contributed by atoms with E-state index in [2.05, 4.69) is 27.6 Å². The molecule has 0 aliphatic carbocycles. The van der Waals surface area contributed by atoms with Crippen molar-refractivity contribution < 1.29 is 4.79 Å². The molecule has 0 aliphatic rings. The molecule has 0 aliphatic heterocycles. The highest BCUT2D eigenvalue weighted by Gasteiger charge is 2.13. The fourth-order valence-corrected chi connectivity index (χ4v) is 2.05. The summed E-state index contributed by atoms with van der Waals surface area (Å²) in [5.41, 5.74) is 2.62. The summed E-state index contributed by atoms with van der Waals surface area (Å²) < 4.78 is 1.03. The predicted octanol–water partition coefficient (Wildman–Crippen LogP) is 3.16. The number of aromatic amines is 1. The van der Waals surface area contributed by atoms with Crippen molar-refractivity contribution in [1.29, 1.82) is 0 Å². The zero-order chi connectivity index (χ0) is 10.8. The fourth-order valence-electron chi connectivity index (χ4n) is 1.44. The molecule has 1 aromatic carbocycles. The summed E-state index contributed by atoms with van der Waals surface area (Å²) in [6.07, 6.45) is 3.48. The molecule has 0 bridgehead atoms. The van der Waals surface area contributed by atoms with Crippen LogP contribution >= 0.6 is 22.6 Å². The van der Waals surface area contributed by atoms with Crippen LogP contribution in [0.2, 0.25) is 0 Å². The SMILES string of the molecule is Cc1cccc(C(=O)c2cc[nH]c2)c1I. The molecule has 3 heteroatoms. The van der Waals surface area contributed by atoms with E-state index in [1.807, 2.05) is 25.1 Å². The van der Waals surface area contributed by atoms with Gasteiger partial charge in [-0.05, 0) is 47.2 Å². The number of carbonyl (C=O) groups excluding carboxylic acids is 1. The van der Waals surface area contributed by atoms with Crippen molar-refractivity contribution in [2.45, 2.75) is 6.92 Å². The van der Waals surface area contributed by atoms with Gasteiger partial charge in [-0.2, -0.15) is 0 Å². The first-order valence-electron chi connectivity index (χ1n) is 4.63. The molecule has 0 radical (unpaired) electrons. The fraction of sp³-hybridized carbons (Fsp3) is 0.0833. The molecular weight excluding hydrogens is 301 g/mol. The van der Waals surface area contributed by atoms with Gasteiger partial charge < -0.3 is 4.98 Å². The number of hydrogen-bond acceptors (Lipinski definition) is 1. The van der Waals surface area contributed by atoms with Gasteiger partial charge in [0, 0.05) is 27.1 Å². The van der Waals surface area contributed by atoms with Crippen molar-refractivity contribution >= 4 is 28.4 Å². The van der Waals surface area contributed by atoms with E-state index in [0.717, 1.165) is 14.7 Å². The predicted molar refractivity (Wildman–Crippen MR) is 68.1 cm³/mol. The van der Waals surface area contributed by atoms with Crippen molar-refractivity contribution in [1.82, 2.24) is 4.98 Å². The van der Waals surface area contributed by atoms with Crippen LogP contribution in [-0.4, -0.2) is 10.8 Å². The Morgan fingerprint density at radius 1 is 1.33 bits per heavy atom. The highest BCUT2D eigenvalue weighted by molar-refractivity contribution is 14.1. The van der Waals surface area contributed by atoms with E-state index in [1.54, 1.807) is 18.5 Å². The quantitative estimate of drug-likeness (QED) is 0.671. The normalized spacial score (nSPS) is 10.3. The van der Waals surface area contributed by atoms with E-state index in [1.165, 1.54) is 0 Å². The van der Waals surface area contributed by atoms with Crippen molar-refractivity contribution in [3.05, 3.63) is 56.9 Å². The van der Waals surface area contributed by atoms with E-state index >= 15 is 0 Å². The van der Waals surface area contributed by atoms with E-state index in [4.69, 9.17) is 0 Å². The number of nitrogens with one attached hydrogen (secondary N) is 1. The first-order valence-corrected chi connectivity index (χ1v) is 5.70. The minimum atomic E-state index is 0.0735. The number of carbonyl (C=O) groups is 1.